The first kappa shape index (κ1) is 38.6. The standard InChI is InChI=1S/C44H52N8O4/c1-6-7-31-20-28(4)48-44(56)37(31)24-46-42(54)36-21-33(22-39-38(36)25-47-52(39)27(2)3)32-12-14-40(45-23-32)51-18-16-34(17-19-51)50(5)26-29-8-10-30(11-9-29)35-13-15-41(53)49-43(35)55/h8-12,14,20-23,25,27,34-35H,6-7,13,15-19,24,26H2,1-5H3,(H,46,54)(H,48,56)(H,49,53,55). The quantitative estimate of drug-likeness (QED) is 0.128. The number of carbonyl (C=O) groups is 3. The van der Waals surface area contributed by atoms with E-state index in [0.29, 0.717) is 30.0 Å². The maximum atomic E-state index is 13.9. The van der Waals surface area contributed by atoms with Gasteiger partial charge in [0.25, 0.3) is 11.5 Å². The van der Waals surface area contributed by atoms with Gasteiger partial charge in [0, 0.05) is 73.1 Å². The molecule has 1 atom stereocenters. The smallest absolute Gasteiger partial charge is 0.253 e. The highest BCUT2D eigenvalue weighted by molar-refractivity contribution is 6.08. The van der Waals surface area contributed by atoms with Crippen LogP contribution < -0.4 is 21.1 Å². The van der Waals surface area contributed by atoms with Crippen LogP contribution in [-0.4, -0.2) is 68.5 Å². The molecule has 0 spiro atoms. The van der Waals surface area contributed by atoms with Crippen LogP contribution in [0.1, 0.15) is 103 Å². The van der Waals surface area contributed by atoms with Gasteiger partial charge in [-0.05, 0) is 106 Å². The molecule has 3 amide bonds. The van der Waals surface area contributed by atoms with Crippen LogP contribution in [0.2, 0.25) is 0 Å². The highest BCUT2D eigenvalue weighted by Crippen LogP contribution is 2.31. The van der Waals surface area contributed by atoms with E-state index in [4.69, 9.17) is 4.98 Å². The molecule has 0 saturated carbocycles. The number of nitrogens with zero attached hydrogens (tertiary/aromatic N) is 5. The molecule has 3 N–H and O–H groups in total. The van der Waals surface area contributed by atoms with Gasteiger partial charge in [-0.15, -0.1) is 0 Å². The number of rotatable bonds is 12. The zero-order valence-electron chi connectivity index (χ0n) is 33.0. The number of aromatic amines is 1. The minimum Gasteiger partial charge on any atom is -0.357 e. The molecular weight excluding hydrogens is 705 g/mol. The molecule has 7 rings (SSSR count). The predicted molar refractivity (Wildman–Crippen MR) is 219 cm³/mol. The molecule has 5 aromatic rings. The van der Waals surface area contributed by atoms with Crippen molar-refractivity contribution in [2.75, 3.05) is 25.0 Å². The van der Waals surface area contributed by atoms with Crippen LogP contribution in [0.15, 0.2) is 71.8 Å². The molecule has 2 aromatic carbocycles. The Hall–Kier alpha value is -5.62. The molecule has 2 aliphatic heterocycles. The van der Waals surface area contributed by atoms with Crippen molar-refractivity contribution in [1.82, 2.24) is 35.3 Å². The Balaban J connectivity index is 1.01. The minimum atomic E-state index is -0.267. The van der Waals surface area contributed by atoms with E-state index in [1.165, 1.54) is 5.56 Å². The minimum absolute atomic E-state index is 0.0920. The lowest BCUT2D eigenvalue weighted by Gasteiger charge is -2.37. The first-order valence-electron chi connectivity index (χ1n) is 19.8. The molecule has 2 aliphatic rings. The molecule has 2 fully saturated rings. The summed E-state index contributed by atoms with van der Waals surface area (Å²) >= 11 is 0. The van der Waals surface area contributed by atoms with Crippen molar-refractivity contribution in [3.8, 4) is 11.1 Å². The first-order valence-corrected chi connectivity index (χ1v) is 19.8. The molecule has 0 bridgehead atoms. The number of piperidine rings is 2. The summed E-state index contributed by atoms with van der Waals surface area (Å²) in [5.74, 6) is 0.000853. The molecule has 3 aromatic heterocycles. The second-order valence-corrected chi connectivity index (χ2v) is 15.6. The lowest BCUT2D eigenvalue weighted by molar-refractivity contribution is -0.134. The van der Waals surface area contributed by atoms with Gasteiger partial charge < -0.3 is 15.2 Å². The average Bonchev–Trinajstić information content (AvgIpc) is 3.62. The van der Waals surface area contributed by atoms with Crippen LogP contribution in [0.4, 0.5) is 5.82 Å². The van der Waals surface area contributed by atoms with Gasteiger partial charge >= 0.3 is 0 Å². The molecule has 12 heteroatoms. The summed E-state index contributed by atoms with van der Waals surface area (Å²) < 4.78 is 1.93. The number of benzene rings is 2. The summed E-state index contributed by atoms with van der Waals surface area (Å²) in [5, 5.41) is 10.9. The zero-order chi connectivity index (χ0) is 39.5. The molecule has 5 heterocycles. The van der Waals surface area contributed by atoms with Crippen LogP contribution in [-0.2, 0) is 29.1 Å². The van der Waals surface area contributed by atoms with E-state index >= 15 is 0 Å². The van der Waals surface area contributed by atoms with Gasteiger partial charge in [-0.1, -0.05) is 37.6 Å². The van der Waals surface area contributed by atoms with Crippen LogP contribution in [0, 0.1) is 6.92 Å². The molecular formula is C44H52N8O4. The number of aryl methyl sites for hydroxylation is 2. The molecule has 0 radical (unpaired) electrons. The van der Waals surface area contributed by atoms with E-state index in [-0.39, 0.29) is 41.8 Å². The maximum Gasteiger partial charge on any atom is 0.253 e. The summed E-state index contributed by atoms with van der Waals surface area (Å²) in [4.78, 5) is 63.1. The molecule has 292 valence electrons. The Morgan fingerprint density at radius 3 is 2.43 bits per heavy atom. The number of carbonyl (C=O) groups excluding carboxylic acids is 3. The van der Waals surface area contributed by atoms with Crippen molar-refractivity contribution in [2.45, 2.75) is 97.3 Å². The van der Waals surface area contributed by atoms with Gasteiger partial charge in [0.2, 0.25) is 11.8 Å². The monoisotopic (exact) mass is 756 g/mol. The number of anilines is 1. The van der Waals surface area contributed by atoms with Gasteiger partial charge in [0.05, 0.1) is 23.2 Å². The Morgan fingerprint density at radius 1 is 0.982 bits per heavy atom. The molecule has 2 saturated heterocycles. The van der Waals surface area contributed by atoms with Gasteiger partial charge in [0.1, 0.15) is 5.82 Å². The summed E-state index contributed by atoms with van der Waals surface area (Å²) in [5.41, 5.74) is 7.48. The van der Waals surface area contributed by atoms with E-state index in [1.54, 1.807) is 6.20 Å². The van der Waals surface area contributed by atoms with Crippen molar-refractivity contribution in [2.24, 2.45) is 0 Å². The van der Waals surface area contributed by atoms with Crippen LogP contribution in [0.5, 0.6) is 0 Å². The third-order valence-corrected chi connectivity index (χ3v) is 11.3. The van der Waals surface area contributed by atoms with E-state index in [0.717, 1.165) is 90.0 Å². The fourth-order valence-corrected chi connectivity index (χ4v) is 8.21. The second kappa shape index (κ2) is 16.6. The summed E-state index contributed by atoms with van der Waals surface area (Å²) in [7, 11) is 2.17. The summed E-state index contributed by atoms with van der Waals surface area (Å²) in [6.07, 6.45) is 8.25. The highest BCUT2D eigenvalue weighted by atomic mass is 16.2. The van der Waals surface area contributed by atoms with Gasteiger partial charge in [-0.25, -0.2) is 4.98 Å². The zero-order valence-corrected chi connectivity index (χ0v) is 33.0. The number of pyridine rings is 2. The number of hydrogen-bond acceptors (Lipinski definition) is 8. The predicted octanol–water partition coefficient (Wildman–Crippen LogP) is 6.18. The normalized spacial score (nSPS) is 16.6. The third-order valence-electron chi connectivity index (χ3n) is 11.3. The number of amides is 3. The van der Waals surface area contributed by atoms with E-state index < -0.39 is 0 Å². The van der Waals surface area contributed by atoms with Crippen molar-refractivity contribution in [1.29, 1.82) is 0 Å². The van der Waals surface area contributed by atoms with Gasteiger partial charge in [0.15, 0.2) is 0 Å². The average molecular weight is 757 g/mol. The number of aromatic nitrogens is 4. The Bertz CT molecular complexity index is 2290. The summed E-state index contributed by atoms with van der Waals surface area (Å²) in [6.45, 7) is 10.8. The Kier molecular flexibility index (Phi) is 11.5. The Morgan fingerprint density at radius 2 is 1.75 bits per heavy atom. The number of nitrogens with one attached hydrogen (secondary N) is 3. The van der Waals surface area contributed by atoms with Crippen molar-refractivity contribution >= 4 is 34.4 Å². The molecule has 1 unspecified atom stereocenters. The van der Waals surface area contributed by atoms with E-state index in [1.807, 2.05) is 42.1 Å². The topological polar surface area (TPSA) is 145 Å². The second-order valence-electron chi connectivity index (χ2n) is 15.6. The lowest BCUT2D eigenvalue weighted by atomic mass is 9.90. The van der Waals surface area contributed by atoms with E-state index in [9.17, 15) is 19.2 Å². The number of H-pyrrole nitrogens is 1. The summed E-state index contributed by atoms with van der Waals surface area (Å²) in [6, 6.07) is 18.9. The van der Waals surface area contributed by atoms with Gasteiger partial charge in [-0.3, -0.25) is 34.1 Å². The van der Waals surface area contributed by atoms with E-state index in [2.05, 4.69) is 88.7 Å². The number of fused-ring (bicyclic) bond motifs is 1. The van der Waals surface area contributed by atoms with Gasteiger partial charge in [-0.2, -0.15) is 5.10 Å². The fourth-order valence-electron chi connectivity index (χ4n) is 8.21. The number of hydrogen-bond donors (Lipinski definition) is 3. The van der Waals surface area contributed by atoms with Crippen LogP contribution >= 0.6 is 0 Å². The third kappa shape index (κ3) is 8.30. The Labute approximate surface area is 327 Å². The highest BCUT2D eigenvalue weighted by Gasteiger charge is 2.28. The van der Waals surface area contributed by atoms with Crippen LogP contribution in [0.3, 0.4) is 0 Å². The largest absolute Gasteiger partial charge is 0.357 e. The first-order chi connectivity index (χ1) is 27.0. The fraction of sp³-hybridized carbons (Fsp3) is 0.409. The molecule has 56 heavy (non-hydrogen) atoms. The van der Waals surface area contributed by atoms with Crippen LogP contribution in [0.25, 0.3) is 22.0 Å². The lowest BCUT2D eigenvalue weighted by Crippen LogP contribution is -2.43. The van der Waals surface area contributed by atoms with Crippen molar-refractivity contribution in [3.05, 3.63) is 111 Å². The van der Waals surface area contributed by atoms with Crippen molar-refractivity contribution < 1.29 is 14.4 Å². The number of imide groups is 1. The van der Waals surface area contributed by atoms with Crippen molar-refractivity contribution in [3.63, 3.8) is 0 Å². The SMILES string of the molecule is CCCc1cc(C)[nH]c(=O)c1CNC(=O)c1cc(-c2ccc(N3CCC(N(C)Cc4ccc(C5CCC(=O)NC5=O)cc4)CC3)nc2)cc2c1cnn2C(C)C. The molecule has 12 nitrogen and oxygen atoms in total. The molecule has 0 aliphatic carbocycles. The maximum absolute atomic E-state index is 13.9.